The number of halogens is 2. The molecule has 0 saturated carbocycles. The third kappa shape index (κ3) is 4.10. The van der Waals surface area contributed by atoms with Crippen LogP contribution < -0.4 is 4.74 Å². The van der Waals surface area contributed by atoms with Crippen molar-refractivity contribution in [3.8, 4) is 5.75 Å². The van der Waals surface area contributed by atoms with Crippen LogP contribution in [0.5, 0.6) is 5.75 Å². The standard InChI is InChI=1S/C16H17BrFNO3S/c1-19(10-9-12-5-3-4-6-15(12)22-2)23(20,21)16-8-7-13(18)11-14(16)17/h3-8,11H,9-10H2,1-2H3. The van der Waals surface area contributed by atoms with Gasteiger partial charge in [0.2, 0.25) is 10.0 Å². The lowest BCUT2D eigenvalue weighted by atomic mass is 10.1. The maximum absolute atomic E-state index is 13.1. The number of nitrogens with zero attached hydrogens (tertiary/aromatic N) is 1. The molecule has 0 aromatic heterocycles. The molecule has 0 radical (unpaired) electrons. The van der Waals surface area contributed by atoms with Crippen LogP contribution in [0.25, 0.3) is 0 Å². The Kier molecular flexibility index (Phi) is 5.78. The second kappa shape index (κ2) is 7.42. The van der Waals surface area contributed by atoms with Crippen molar-refractivity contribution in [2.24, 2.45) is 0 Å². The number of likely N-dealkylation sites (N-methyl/N-ethyl adjacent to an activating group) is 1. The van der Waals surface area contributed by atoms with Gasteiger partial charge < -0.3 is 4.74 Å². The van der Waals surface area contributed by atoms with Gasteiger partial charge in [-0.15, -0.1) is 0 Å². The van der Waals surface area contributed by atoms with Crippen LogP contribution in [0.15, 0.2) is 51.8 Å². The van der Waals surface area contributed by atoms with E-state index in [0.717, 1.165) is 23.4 Å². The van der Waals surface area contributed by atoms with Crippen molar-refractivity contribution in [2.75, 3.05) is 20.7 Å². The molecule has 2 rings (SSSR count). The third-order valence-corrected chi connectivity index (χ3v) is 6.30. The zero-order valence-electron chi connectivity index (χ0n) is 12.8. The topological polar surface area (TPSA) is 46.6 Å². The second-order valence-electron chi connectivity index (χ2n) is 4.96. The van der Waals surface area contributed by atoms with Gasteiger partial charge in [0.1, 0.15) is 11.6 Å². The van der Waals surface area contributed by atoms with Crippen molar-refractivity contribution >= 4 is 26.0 Å². The molecule has 4 nitrogen and oxygen atoms in total. The van der Waals surface area contributed by atoms with Gasteiger partial charge in [-0.3, -0.25) is 0 Å². The molecule has 23 heavy (non-hydrogen) atoms. The summed E-state index contributed by atoms with van der Waals surface area (Å²) in [6.45, 7) is 0.284. The molecule has 0 unspecified atom stereocenters. The van der Waals surface area contributed by atoms with Gasteiger partial charge in [-0.1, -0.05) is 18.2 Å². The number of methoxy groups -OCH3 is 1. The molecule has 0 amide bonds. The number of hydrogen-bond donors (Lipinski definition) is 0. The summed E-state index contributed by atoms with van der Waals surface area (Å²) in [7, 11) is -0.618. The van der Waals surface area contributed by atoms with Crippen molar-refractivity contribution in [1.29, 1.82) is 0 Å². The summed E-state index contributed by atoms with van der Waals surface area (Å²) in [5.41, 5.74) is 0.926. The van der Waals surface area contributed by atoms with E-state index in [1.54, 1.807) is 7.11 Å². The van der Waals surface area contributed by atoms with Gasteiger partial charge in [-0.25, -0.2) is 17.1 Å². The molecular formula is C16H17BrFNO3S. The number of para-hydroxylation sites is 1. The predicted octanol–water partition coefficient (Wildman–Crippen LogP) is 3.46. The van der Waals surface area contributed by atoms with Crippen molar-refractivity contribution in [1.82, 2.24) is 4.31 Å². The zero-order chi connectivity index (χ0) is 17.0. The normalized spacial score (nSPS) is 11.7. The summed E-state index contributed by atoms with van der Waals surface area (Å²) in [6.07, 6.45) is 0.512. The van der Waals surface area contributed by atoms with Crippen LogP contribution in [0.1, 0.15) is 5.56 Å². The first-order valence-corrected chi connectivity index (χ1v) is 9.13. The highest BCUT2D eigenvalue weighted by molar-refractivity contribution is 9.10. The summed E-state index contributed by atoms with van der Waals surface area (Å²) in [5, 5.41) is 0. The lowest BCUT2D eigenvalue weighted by molar-refractivity contribution is 0.405. The first-order chi connectivity index (χ1) is 10.9. The largest absolute Gasteiger partial charge is 0.496 e. The van der Waals surface area contributed by atoms with E-state index in [9.17, 15) is 12.8 Å². The Balaban J connectivity index is 2.17. The minimum Gasteiger partial charge on any atom is -0.496 e. The van der Waals surface area contributed by atoms with Crippen molar-refractivity contribution in [3.63, 3.8) is 0 Å². The van der Waals surface area contributed by atoms with Crippen LogP contribution >= 0.6 is 15.9 Å². The molecule has 0 N–H and O–H groups in total. The summed E-state index contributed by atoms with van der Waals surface area (Å²) in [4.78, 5) is 0.0430. The van der Waals surface area contributed by atoms with Gasteiger partial charge in [0.15, 0.2) is 0 Å². The van der Waals surface area contributed by atoms with E-state index in [0.29, 0.717) is 6.42 Å². The Morgan fingerprint density at radius 2 is 1.91 bits per heavy atom. The SMILES string of the molecule is COc1ccccc1CCN(C)S(=O)(=O)c1ccc(F)cc1Br. The van der Waals surface area contributed by atoms with Crippen molar-refractivity contribution < 1.29 is 17.5 Å². The minimum atomic E-state index is -3.70. The van der Waals surface area contributed by atoms with Crippen LogP contribution in [-0.4, -0.2) is 33.4 Å². The average Bonchev–Trinajstić information content (AvgIpc) is 2.52. The molecule has 0 bridgehead atoms. The zero-order valence-corrected chi connectivity index (χ0v) is 15.2. The smallest absolute Gasteiger partial charge is 0.243 e. The predicted molar refractivity (Wildman–Crippen MR) is 90.6 cm³/mol. The highest BCUT2D eigenvalue weighted by Crippen LogP contribution is 2.26. The summed E-state index contributed by atoms with van der Waals surface area (Å²) >= 11 is 3.10. The quantitative estimate of drug-likeness (QED) is 0.744. The van der Waals surface area contributed by atoms with Crippen LogP contribution in [0.3, 0.4) is 0 Å². The fourth-order valence-corrected chi connectivity index (χ4v) is 4.34. The Bertz CT molecular complexity index is 796. The van der Waals surface area contributed by atoms with E-state index in [1.807, 2.05) is 24.3 Å². The molecule has 0 aliphatic carbocycles. The first kappa shape index (κ1) is 17.9. The number of ether oxygens (including phenoxy) is 1. The summed E-state index contributed by atoms with van der Waals surface area (Å²) < 4.78 is 45.0. The number of hydrogen-bond acceptors (Lipinski definition) is 3. The average molecular weight is 402 g/mol. The summed E-state index contributed by atoms with van der Waals surface area (Å²) in [5.74, 6) is 0.230. The number of benzene rings is 2. The maximum Gasteiger partial charge on any atom is 0.243 e. The Morgan fingerprint density at radius 1 is 1.22 bits per heavy atom. The highest BCUT2D eigenvalue weighted by Gasteiger charge is 2.23. The fourth-order valence-electron chi connectivity index (χ4n) is 2.16. The van der Waals surface area contributed by atoms with E-state index in [2.05, 4.69) is 15.9 Å². The Morgan fingerprint density at radius 3 is 2.57 bits per heavy atom. The molecule has 2 aromatic rings. The molecule has 124 valence electrons. The number of rotatable bonds is 6. The summed E-state index contributed by atoms with van der Waals surface area (Å²) in [6, 6.07) is 11.0. The molecule has 0 spiro atoms. The fraction of sp³-hybridized carbons (Fsp3) is 0.250. The van der Waals surface area contributed by atoms with Gasteiger partial charge >= 0.3 is 0 Å². The van der Waals surface area contributed by atoms with Crippen LogP contribution in [0.4, 0.5) is 4.39 Å². The molecule has 7 heteroatoms. The maximum atomic E-state index is 13.1. The van der Waals surface area contributed by atoms with Crippen LogP contribution in [0, 0.1) is 5.82 Å². The second-order valence-corrected chi connectivity index (χ2v) is 7.83. The Labute approximate surface area is 144 Å². The number of sulfonamides is 1. The molecule has 0 aliphatic heterocycles. The van der Waals surface area contributed by atoms with Gasteiger partial charge in [0.05, 0.1) is 12.0 Å². The molecule has 0 aliphatic rings. The van der Waals surface area contributed by atoms with Crippen LogP contribution in [-0.2, 0) is 16.4 Å². The monoisotopic (exact) mass is 401 g/mol. The van der Waals surface area contributed by atoms with Crippen molar-refractivity contribution in [3.05, 3.63) is 58.3 Å². The van der Waals surface area contributed by atoms with Gasteiger partial charge in [-0.05, 0) is 52.2 Å². The van der Waals surface area contributed by atoms with Crippen LogP contribution in [0.2, 0.25) is 0 Å². The molecule has 0 saturated heterocycles. The first-order valence-electron chi connectivity index (χ1n) is 6.89. The molecular weight excluding hydrogens is 385 g/mol. The minimum absolute atomic E-state index is 0.0430. The highest BCUT2D eigenvalue weighted by atomic mass is 79.9. The van der Waals surface area contributed by atoms with Gasteiger partial charge in [0, 0.05) is 18.1 Å². The molecule has 0 atom stereocenters. The molecule has 0 heterocycles. The molecule has 2 aromatic carbocycles. The van der Waals surface area contributed by atoms with E-state index in [4.69, 9.17) is 4.74 Å². The Hall–Kier alpha value is -1.44. The van der Waals surface area contributed by atoms with E-state index in [-0.39, 0.29) is 15.9 Å². The van der Waals surface area contributed by atoms with Crippen molar-refractivity contribution in [2.45, 2.75) is 11.3 Å². The van der Waals surface area contributed by atoms with E-state index in [1.165, 1.54) is 17.4 Å². The van der Waals surface area contributed by atoms with Gasteiger partial charge in [-0.2, -0.15) is 0 Å². The lowest BCUT2D eigenvalue weighted by Gasteiger charge is -2.18. The third-order valence-electron chi connectivity index (χ3n) is 3.47. The van der Waals surface area contributed by atoms with Gasteiger partial charge in [0.25, 0.3) is 0 Å². The van der Waals surface area contributed by atoms with E-state index < -0.39 is 15.8 Å². The molecule has 0 fully saturated rings. The lowest BCUT2D eigenvalue weighted by Crippen LogP contribution is -2.29. The van der Waals surface area contributed by atoms with E-state index >= 15 is 0 Å².